The number of nitrogens with zero attached hydrogens (tertiary/aromatic N) is 1. The van der Waals surface area contributed by atoms with Gasteiger partial charge in [-0.3, -0.25) is 14.5 Å². The molecule has 1 aliphatic heterocycles. The van der Waals surface area contributed by atoms with Crippen LogP contribution in [0.2, 0.25) is 0 Å². The second-order valence-corrected chi connectivity index (χ2v) is 7.03. The molecular formula is C21H29NO8. The van der Waals surface area contributed by atoms with E-state index in [2.05, 4.69) is 0 Å². The number of ether oxygens (including phenoxy) is 5. The van der Waals surface area contributed by atoms with E-state index in [0.717, 1.165) is 5.56 Å². The molecule has 1 aliphatic rings. The van der Waals surface area contributed by atoms with E-state index >= 15 is 0 Å². The van der Waals surface area contributed by atoms with Crippen LogP contribution < -0.4 is 0 Å². The van der Waals surface area contributed by atoms with Crippen LogP contribution in [0.15, 0.2) is 30.3 Å². The van der Waals surface area contributed by atoms with Crippen LogP contribution in [-0.2, 0) is 39.9 Å². The standard InChI is InChI=1S/C21H29NO8/c1-15(23)27-12-18-9-20(30-14-26-3)10-19(13-28-16(2)24)22(18)21(25)29-11-17-7-5-4-6-8-17/h4-8,18-20H,9-14H2,1-3H3/t18-,19+,20?. The van der Waals surface area contributed by atoms with Gasteiger partial charge in [0.1, 0.15) is 26.6 Å². The quantitative estimate of drug-likeness (QED) is 0.339. The first kappa shape index (κ1) is 23.6. The third kappa shape index (κ3) is 7.64. The first-order chi connectivity index (χ1) is 14.4. The molecule has 1 fully saturated rings. The first-order valence-corrected chi connectivity index (χ1v) is 9.77. The average molecular weight is 423 g/mol. The average Bonchev–Trinajstić information content (AvgIpc) is 2.73. The second-order valence-electron chi connectivity index (χ2n) is 7.03. The Balaban J connectivity index is 2.16. The normalized spacial score (nSPS) is 21.0. The summed E-state index contributed by atoms with van der Waals surface area (Å²) in [6.07, 6.45) is 0.0176. The van der Waals surface area contributed by atoms with Gasteiger partial charge in [0.15, 0.2) is 0 Å². The maximum absolute atomic E-state index is 13.0. The van der Waals surface area contributed by atoms with E-state index in [1.165, 1.54) is 25.9 Å². The number of hydrogen-bond acceptors (Lipinski definition) is 8. The number of rotatable bonds is 9. The van der Waals surface area contributed by atoms with E-state index in [-0.39, 0.29) is 32.7 Å². The van der Waals surface area contributed by atoms with Gasteiger partial charge >= 0.3 is 18.0 Å². The Kier molecular flexibility index (Phi) is 9.56. The van der Waals surface area contributed by atoms with Crippen LogP contribution >= 0.6 is 0 Å². The summed E-state index contributed by atoms with van der Waals surface area (Å²) in [4.78, 5) is 37.1. The van der Waals surface area contributed by atoms with Gasteiger partial charge in [0.05, 0.1) is 18.2 Å². The highest BCUT2D eigenvalue weighted by atomic mass is 16.7. The molecule has 0 radical (unpaired) electrons. The van der Waals surface area contributed by atoms with Crippen molar-refractivity contribution in [3.8, 4) is 0 Å². The highest BCUT2D eigenvalue weighted by Gasteiger charge is 2.41. The summed E-state index contributed by atoms with van der Waals surface area (Å²) in [6.45, 7) is 2.76. The molecule has 0 aliphatic carbocycles. The van der Waals surface area contributed by atoms with Gasteiger partial charge in [-0.05, 0) is 18.4 Å². The van der Waals surface area contributed by atoms with Gasteiger partial charge in [-0.15, -0.1) is 0 Å². The van der Waals surface area contributed by atoms with Crippen LogP contribution in [-0.4, -0.2) is 68.2 Å². The molecule has 1 heterocycles. The summed E-state index contributed by atoms with van der Waals surface area (Å²) in [5, 5.41) is 0. The molecule has 9 nitrogen and oxygen atoms in total. The maximum atomic E-state index is 13.0. The zero-order chi connectivity index (χ0) is 21.9. The fourth-order valence-electron chi connectivity index (χ4n) is 3.34. The molecule has 1 aromatic carbocycles. The number of piperidine rings is 1. The molecule has 1 saturated heterocycles. The van der Waals surface area contributed by atoms with Crippen molar-refractivity contribution in [2.24, 2.45) is 0 Å². The van der Waals surface area contributed by atoms with Gasteiger partial charge in [0, 0.05) is 21.0 Å². The smallest absolute Gasteiger partial charge is 0.410 e. The molecule has 1 unspecified atom stereocenters. The summed E-state index contributed by atoms with van der Waals surface area (Å²) >= 11 is 0. The van der Waals surface area contributed by atoms with E-state index in [1.54, 1.807) is 0 Å². The molecule has 1 amide bonds. The molecule has 30 heavy (non-hydrogen) atoms. The lowest BCUT2D eigenvalue weighted by Crippen LogP contribution is -2.57. The van der Waals surface area contributed by atoms with Gasteiger partial charge in [-0.1, -0.05) is 30.3 Å². The Morgan fingerprint density at radius 1 is 0.933 bits per heavy atom. The maximum Gasteiger partial charge on any atom is 0.410 e. The van der Waals surface area contributed by atoms with Gasteiger partial charge in [-0.25, -0.2) is 4.79 Å². The van der Waals surface area contributed by atoms with Crippen LogP contribution in [0.1, 0.15) is 32.3 Å². The third-order valence-electron chi connectivity index (χ3n) is 4.65. The number of benzene rings is 1. The zero-order valence-electron chi connectivity index (χ0n) is 17.6. The summed E-state index contributed by atoms with van der Waals surface area (Å²) in [5.74, 6) is -0.909. The van der Waals surface area contributed by atoms with Gasteiger partial charge in [0.2, 0.25) is 0 Å². The molecule has 166 valence electrons. The van der Waals surface area contributed by atoms with Gasteiger partial charge < -0.3 is 23.7 Å². The Morgan fingerprint density at radius 3 is 2.00 bits per heavy atom. The molecule has 0 aromatic heterocycles. The first-order valence-electron chi connectivity index (χ1n) is 9.77. The van der Waals surface area contributed by atoms with Crippen molar-refractivity contribution >= 4 is 18.0 Å². The van der Waals surface area contributed by atoms with Crippen molar-refractivity contribution in [2.75, 3.05) is 27.1 Å². The van der Waals surface area contributed by atoms with Crippen molar-refractivity contribution in [3.63, 3.8) is 0 Å². The minimum Gasteiger partial charge on any atom is -0.464 e. The van der Waals surface area contributed by atoms with Crippen LogP contribution in [0.25, 0.3) is 0 Å². The van der Waals surface area contributed by atoms with E-state index in [0.29, 0.717) is 12.8 Å². The molecule has 0 spiro atoms. The summed E-state index contributed by atoms with van der Waals surface area (Å²) < 4.78 is 26.5. The highest BCUT2D eigenvalue weighted by Crippen LogP contribution is 2.27. The van der Waals surface area contributed by atoms with E-state index in [9.17, 15) is 14.4 Å². The predicted molar refractivity (Wildman–Crippen MR) is 105 cm³/mol. The van der Waals surface area contributed by atoms with Crippen LogP contribution in [0, 0.1) is 0 Å². The second kappa shape index (κ2) is 12.1. The number of amides is 1. The van der Waals surface area contributed by atoms with Crippen molar-refractivity contribution < 1.29 is 38.1 Å². The molecule has 0 saturated carbocycles. The lowest BCUT2D eigenvalue weighted by atomic mass is 9.94. The molecule has 3 atom stereocenters. The van der Waals surface area contributed by atoms with Crippen molar-refractivity contribution in [2.45, 2.75) is 51.5 Å². The van der Waals surface area contributed by atoms with Crippen molar-refractivity contribution in [3.05, 3.63) is 35.9 Å². The molecule has 1 aromatic rings. The van der Waals surface area contributed by atoms with E-state index < -0.39 is 30.1 Å². The minimum atomic E-state index is -0.571. The summed E-state index contributed by atoms with van der Waals surface area (Å²) in [5.41, 5.74) is 0.845. The van der Waals surface area contributed by atoms with Crippen LogP contribution in [0.3, 0.4) is 0 Å². The summed E-state index contributed by atoms with van der Waals surface area (Å²) in [7, 11) is 1.52. The SMILES string of the molecule is COCOC1C[C@@H](COC(C)=O)N(C(=O)OCc2ccccc2)[C@@H](COC(C)=O)C1. The Hall–Kier alpha value is -2.65. The Labute approximate surface area is 176 Å². The number of carbonyl (C=O) groups is 3. The number of carbonyl (C=O) groups excluding carboxylic acids is 3. The molecular weight excluding hydrogens is 394 g/mol. The third-order valence-corrected chi connectivity index (χ3v) is 4.65. The number of hydrogen-bond donors (Lipinski definition) is 0. The molecule has 0 bridgehead atoms. The van der Waals surface area contributed by atoms with Crippen LogP contribution in [0.4, 0.5) is 4.79 Å². The zero-order valence-corrected chi connectivity index (χ0v) is 17.6. The molecule has 2 rings (SSSR count). The van der Waals surface area contributed by atoms with Crippen LogP contribution in [0.5, 0.6) is 0 Å². The van der Waals surface area contributed by atoms with E-state index in [4.69, 9.17) is 23.7 Å². The molecule has 0 N–H and O–H groups in total. The minimum absolute atomic E-state index is 0.0147. The fourth-order valence-corrected chi connectivity index (χ4v) is 3.34. The fraction of sp³-hybridized carbons (Fsp3) is 0.571. The number of methoxy groups -OCH3 is 1. The Morgan fingerprint density at radius 2 is 1.50 bits per heavy atom. The van der Waals surface area contributed by atoms with Gasteiger partial charge in [0.25, 0.3) is 0 Å². The Bertz CT molecular complexity index is 668. The summed E-state index contributed by atoms with van der Waals surface area (Å²) in [6, 6.07) is 8.31. The van der Waals surface area contributed by atoms with E-state index in [1.807, 2.05) is 30.3 Å². The van der Waals surface area contributed by atoms with Crippen molar-refractivity contribution in [1.82, 2.24) is 4.90 Å². The topological polar surface area (TPSA) is 101 Å². The monoisotopic (exact) mass is 423 g/mol. The highest BCUT2D eigenvalue weighted by molar-refractivity contribution is 5.70. The van der Waals surface area contributed by atoms with Crippen molar-refractivity contribution in [1.29, 1.82) is 0 Å². The predicted octanol–water partition coefficient (Wildman–Crippen LogP) is 2.27. The lowest BCUT2D eigenvalue weighted by molar-refractivity contribution is -0.151. The number of likely N-dealkylation sites (tertiary alicyclic amines) is 1. The largest absolute Gasteiger partial charge is 0.464 e. The molecule has 9 heteroatoms. The number of esters is 2. The lowest BCUT2D eigenvalue weighted by Gasteiger charge is -2.43. The van der Waals surface area contributed by atoms with Gasteiger partial charge in [-0.2, -0.15) is 0 Å².